The van der Waals surface area contributed by atoms with Crippen LogP contribution in [0, 0.1) is 0 Å². The van der Waals surface area contributed by atoms with Crippen LogP contribution in [0.2, 0.25) is 0 Å². The molecule has 102 valence electrons. The van der Waals surface area contributed by atoms with Gasteiger partial charge >= 0.3 is 0 Å². The fourth-order valence-electron chi connectivity index (χ4n) is 2.78. The summed E-state index contributed by atoms with van der Waals surface area (Å²) in [6.07, 6.45) is 1.14. The van der Waals surface area contributed by atoms with Crippen molar-refractivity contribution >= 4 is 17.4 Å². The first-order valence-electron chi connectivity index (χ1n) is 6.58. The third-order valence-corrected chi connectivity index (χ3v) is 3.87. The summed E-state index contributed by atoms with van der Waals surface area (Å²) in [6.45, 7) is 2.29. The zero-order valence-electron chi connectivity index (χ0n) is 11.0. The number of pyridine rings is 1. The molecule has 19 heavy (non-hydrogen) atoms. The number of aliphatic hydroxyl groups is 1. The van der Waals surface area contributed by atoms with E-state index in [1.54, 1.807) is 6.07 Å². The van der Waals surface area contributed by atoms with E-state index in [1.165, 1.54) is 0 Å². The van der Waals surface area contributed by atoms with E-state index in [0.717, 1.165) is 31.0 Å². The number of carbonyl (C=O) groups is 1. The van der Waals surface area contributed by atoms with Gasteiger partial charge in [0.15, 0.2) is 5.82 Å². The summed E-state index contributed by atoms with van der Waals surface area (Å²) in [7, 11) is 2.04. The summed E-state index contributed by atoms with van der Waals surface area (Å²) in [5.41, 5.74) is 1.51. The van der Waals surface area contributed by atoms with Crippen molar-refractivity contribution in [2.45, 2.75) is 12.5 Å². The number of likely N-dealkylation sites (N-methyl/N-ethyl adjacent to an activating group) is 1. The van der Waals surface area contributed by atoms with Crippen LogP contribution in [-0.2, 0) is 0 Å². The maximum Gasteiger partial charge on any atom is 0.270 e. The molecule has 1 fully saturated rings. The molecule has 6 nitrogen and oxygen atoms in total. The van der Waals surface area contributed by atoms with Gasteiger partial charge in [-0.05, 0) is 18.6 Å². The zero-order valence-corrected chi connectivity index (χ0v) is 11.0. The minimum Gasteiger partial charge on any atom is -0.395 e. The van der Waals surface area contributed by atoms with E-state index in [-0.39, 0.29) is 19.1 Å². The number of hydrogen-bond donors (Lipinski definition) is 2. The number of nitrogens with one attached hydrogen (secondary N) is 1. The SMILES string of the molecule is CN1c2nc(C(=O)NCCO)ccc2N2CCC1C2. The normalized spacial score (nSPS) is 20.4. The molecule has 0 aliphatic carbocycles. The van der Waals surface area contributed by atoms with Gasteiger partial charge in [-0.2, -0.15) is 0 Å². The van der Waals surface area contributed by atoms with Crippen molar-refractivity contribution in [1.82, 2.24) is 10.3 Å². The molecule has 1 amide bonds. The van der Waals surface area contributed by atoms with E-state index < -0.39 is 0 Å². The fraction of sp³-hybridized carbons (Fsp3) is 0.538. The summed E-state index contributed by atoms with van der Waals surface area (Å²) in [5, 5.41) is 11.3. The Morgan fingerprint density at radius 3 is 3.21 bits per heavy atom. The van der Waals surface area contributed by atoms with Gasteiger partial charge in [-0.25, -0.2) is 4.98 Å². The highest BCUT2D eigenvalue weighted by atomic mass is 16.3. The molecule has 6 heteroatoms. The number of nitrogens with zero attached hydrogens (tertiary/aromatic N) is 3. The van der Waals surface area contributed by atoms with E-state index in [4.69, 9.17) is 5.11 Å². The van der Waals surface area contributed by atoms with Crippen molar-refractivity contribution in [2.24, 2.45) is 0 Å². The number of rotatable bonds is 3. The Morgan fingerprint density at radius 2 is 2.42 bits per heavy atom. The van der Waals surface area contributed by atoms with Gasteiger partial charge in [0.2, 0.25) is 0 Å². The van der Waals surface area contributed by atoms with Gasteiger partial charge in [0.05, 0.1) is 12.3 Å². The molecular weight excluding hydrogens is 244 g/mol. The Balaban J connectivity index is 1.89. The Kier molecular flexibility index (Phi) is 3.02. The Hall–Kier alpha value is -1.82. The van der Waals surface area contributed by atoms with Gasteiger partial charge in [0.25, 0.3) is 5.91 Å². The largest absolute Gasteiger partial charge is 0.395 e. The van der Waals surface area contributed by atoms with Gasteiger partial charge in [0, 0.05) is 32.7 Å². The summed E-state index contributed by atoms with van der Waals surface area (Å²) >= 11 is 0. The average molecular weight is 262 g/mol. The van der Waals surface area contributed by atoms with Crippen LogP contribution in [0.4, 0.5) is 11.5 Å². The molecule has 1 saturated heterocycles. The summed E-state index contributed by atoms with van der Waals surface area (Å²) < 4.78 is 0. The van der Waals surface area contributed by atoms with Crippen LogP contribution < -0.4 is 15.1 Å². The van der Waals surface area contributed by atoms with E-state index in [2.05, 4.69) is 20.1 Å². The fourth-order valence-corrected chi connectivity index (χ4v) is 2.78. The molecule has 0 saturated carbocycles. The topological polar surface area (TPSA) is 68.7 Å². The lowest BCUT2D eigenvalue weighted by Gasteiger charge is -2.34. The Morgan fingerprint density at radius 1 is 1.58 bits per heavy atom. The van der Waals surface area contributed by atoms with Crippen LogP contribution in [0.15, 0.2) is 12.1 Å². The monoisotopic (exact) mass is 262 g/mol. The van der Waals surface area contributed by atoms with Gasteiger partial charge in [0.1, 0.15) is 5.69 Å². The van der Waals surface area contributed by atoms with Crippen molar-refractivity contribution in [3.05, 3.63) is 17.8 Å². The van der Waals surface area contributed by atoms with Crippen LogP contribution in [0.3, 0.4) is 0 Å². The summed E-state index contributed by atoms with van der Waals surface area (Å²) in [4.78, 5) is 20.8. The number of hydrogen-bond acceptors (Lipinski definition) is 5. The number of fused-ring (bicyclic) bond motifs is 4. The molecule has 1 aromatic rings. The van der Waals surface area contributed by atoms with E-state index in [9.17, 15) is 4.79 Å². The molecule has 0 radical (unpaired) electrons. The molecule has 0 aromatic carbocycles. The molecule has 2 aliphatic rings. The molecule has 3 rings (SSSR count). The molecule has 0 spiro atoms. The molecule has 3 heterocycles. The zero-order chi connectivity index (χ0) is 13.4. The minimum atomic E-state index is -0.238. The molecule has 2 aliphatic heterocycles. The first-order valence-corrected chi connectivity index (χ1v) is 6.58. The van der Waals surface area contributed by atoms with Crippen LogP contribution in [-0.4, -0.2) is 55.3 Å². The Labute approximate surface area is 112 Å². The second-order valence-corrected chi connectivity index (χ2v) is 5.02. The first kappa shape index (κ1) is 12.2. The predicted octanol–water partition coefficient (Wildman–Crippen LogP) is -0.168. The smallest absolute Gasteiger partial charge is 0.270 e. The van der Waals surface area contributed by atoms with E-state index in [0.29, 0.717) is 11.7 Å². The summed E-state index contributed by atoms with van der Waals surface area (Å²) in [6, 6.07) is 4.21. The second kappa shape index (κ2) is 4.70. The maximum atomic E-state index is 11.9. The van der Waals surface area contributed by atoms with Crippen LogP contribution in [0.25, 0.3) is 0 Å². The lowest BCUT2D eigenvalue weighted by atomic mass is 10.2. The molecule has 2 N–H and O–H groups in total. The van der Waals surface area contributed by atoms with Crippen molar-refractivity contribution in [3.8, 4) is 0 Å². The number of aliphatic hydroxyl groups excluding tert-OH is 1. The standard InChI is InChI=1S/C13H18N4O2/c1-16-9-4-6-17(8-9)11-3-2-10(15-12(11)16)13(19)14-5-7-18/h2-3,9,18H,4-8H2,1H3,(H,14,19). The third-order valence-electron chi connectivity index (χ3n) is 3.87. The van der Waals surface area contributed by atoms with E-state index >= 15 is 0 Å². The molecular formula is C13H18N4O2. The predicted molar refractivity (Wildman–Crippen MR) is 72.7 cm³/mol. The highest BCUT2D eigenvalue weighted by molar-refractivity contribution is 5.93. The number of amides is 1. The van der Waals surface area contributed by atoms with Gasteiger partial charge in [-0.3, -0.25) is 4.79 Å². The van der Waals surface area contributed by atoms with Crippen molar-refractivity contribution in [1.29, 1.82) is 0 Å². The average Bonchev–Trinajstić information content (AvgIpc) is 2.88. The number of anilines is 2. The third kappa shape index (κ3) is 2.02. The maximum absolute atomic E-state index is 11.9. The quantitative estimate of drug-likeness (QED) is 0.791. The minimum absolute atomic E-state index is 0.0631. The first-order chi connectivity index (χ1) is 9.20. The van der Waals surface area contributed by atoms with Crippen molar-refractivity contribution in [3.63, 3.8) is 0 Å². The van der Waals surface area contributed by atoms with E-state index in [1.807, 2.05) is 13.1 Å². The highest BCUT2D eigenvalue weighted by Crippen LogP contribution is 2.37. The second-order valence-electron chi connectivity index (χ2n) is 5.02. The lowest BCUT2D eigenvalue weighted by Crippen LogP contribution is -2.40. The van der Waals surface area contributed by atoms with Crippen molar-refractivity contribution < 1.29 is 9.90 Å². The van der Waals surface area contributed by atoms with Gasteiger partial charge in [-0.15, -0.1) is 0 Å². The molecule has 2 bridgehead atoms. The van der Waals surface area contributed by atoms with Crippen LogP contribution in [0.1, 0.15) is 16.9 Å². The Bertz CT molecular complexity index is 505. The lowest BCUT2D eigenvalue weighted by molar-refractivity contribution is 0.0940. The van der Waals surface area contributed by atoms with Gasteiger partial charge in [-0.1, -0.05) is 0 Å². The molecule has 1 aromatic heterocycles. The van der Waals surface area contributed by atoms with Crippen LogP contribution in [0.5, 0.6) is 0 Å². The highest BCUT2D eigenvalue weighted by Gasteiger charge is 2.35. The van der Waals surface area contributed by atoms with Gasteiger partial charge < -0.3 is 20.2 Å². The number of aromatic nitrogens is 1. The molecule has 1 unspecified atom stereocenters. The van der Waals surface area contributed by atoms with Crippen LogP contribution >= 0.6 is 0 Å². The summed E-state index contributed by atoms with van der Waals surface area (Å²) in [5.74, 6) is 0.642. The molecule has 1 atom stereocenters. The van der Waals surface area contributed by atoms with Crippen molar-refractivity contribution in [2.75, 3.05) is 43.1 Å². The number of carbonyl (C=O) groups excluding carboxylic acids is 1.